The first-order chi connectivity index (χ1) is 12.6. The number of amides is 4. The Morgan fingerprint density at radius 2 is 1.74 bits per heavy atom. The molecule has 0 aliphatic heterocycles. The van der Waals surface area contributed by atoms with Crippen LogP contribution in [0.5, 0.6) is 0 Å². The molecule has 0 aromatic rings. The number of carboxylic acid groups (broad SMARTS) is 2. The van der Waals surface area contributed by atoms with Gasteiger partial charge in [0.2, 0.25) is 11.8 Å². The average Bonchev–Trinajstić information content (AvgIpc) is 2.60. The molecule has 2 atom stereocenters. The summed E-state index contributed by atoms with van der Waals surface area (Å²) >= 11 is 3.89. The van der Waals surface area contributed by atoms with Crippen molar-refractivity contribution in [2.75, 3.05) is 18.8 Å². The number of rotatable bonds is 12. The summed E-state index contributed by atoms with van der Waals surface area (Å²) in [4.78, 5) is 56.8. The largest absolute Gasteiger partial charge is 0.480 e. The van der Waals surface area contributed by atoms with Gasteiger partial charge in [-0.1, -0.05) is 6.08 Å². The number of carbonyl (C=O) groups is 5. The van der Waals surface area contributed by atoms with Gasteiger partial charge in [-0.05, 0) is 6.42 Å². The monoisotopic (exact) mass is 406 g/mol. The van der Waals surface area contributed by atoms with Crippen LogP contribution in [-0.2, 0) is 19.2 Å². The van der Waals surface area contributed by atoms with E-state index in [0.29, 0.717) is 0 Å². The van der Waals surface area contributed by atoms with E-state index in [0.717, 1.165) is 0 Å². The summed E-state index contributed by atoms with van der Waals surface area (Å²) in [6.45, 7) is 2.45. The highest BCUT2D eigenvalue weighted by molar-refractivity contribution is 7.80. The molecule has 0 heterocycles. The van der Waals surface area contributed by atoms with Gasteiger partial charge in [0.25, 0.3) is 0 Å². The van der Waals surface area contributed by atoms with E-state index >= 15 is 0 Å². The fourth-order valence-corrected chi connectivity index (χ4v) is 1.97. The molecular weight excluding hydrogens is 384 g/mol. The summed E-state index contributed by atoms with van der Waals surface area (Å²) in [6.07, 6.45) is 0.543. The lowest BCUT2D eigenvalue weighted by molar-refractivity contribution is -0.140. The predicted octanol–water partition coefficient (Wildman–Crippen LogP) is -1.58. The summed E-state index contributed by atoms with van der Waals surface area (Å²) in [5.41, 5.74) is 0. The van der Waals surface area contributed by atoms with Crippen LogP contribution in [0.2, 0.25) is 0 Å². The summed E-state index contributed by atoms with van der Waals surface area (Å²) < 4.78 is 0. The van der Waals surface area contributed by atoms with Gasteiger partial charge in [-0.25, -0.2) is 14.7 Å². The van der Waals surface area contributed by atoms with E-state index in [1.165, 1.54) is 6.08 Å². The molecule has 4 amide bonds. The zero-order valence-corrected chi connectivity index (χ0v) is 15.1. The molecular formula is C14H22N4O8S. The van der Waals surface area contributed by atoms with Crippen molar-refractivity contribution < 1.29 is 39.4 Å². The predicted molar refractivity (Wildman–Crippen MR) is 94.3 cm³/mol. The molecule has 0 radical (unpaired) electrons. The minimum absolute atomic E-state index is 0.114. The number of urea groups is 1. The highest BCUT2D eigenvalue weighted by Crippen LogP contribution is 2.01. The first kappa shape index (κ1) is 24.2. The molecule has 0 aromatic carbocycles. The summed E-state index contributed by atoms with van der Waals surface area (Å²) in [5, 5.41) is 33.5. The Labute approximate surface area is 160 Å². The normalized spacial score (nSPS) is 12.2. The molecule has 0 fully saturated rings. The third-order valence-corrected chi connectivity index (χ3v) is 3.41. The molecule has 152 valence electrons. The van der Waals surface area contributed by atoms with Gasteiger partial charge in [-0.2, -0.15) is 12.6 Å². The van der Waals surface area contributed by atoms with Crippen molar-refractivity contribution in [2.24, 2.45) is 0 Å². The Morgan fingerprint density at radius 1 is 1.11 bits per heavy atom. The van der Waals surface area contributed by atoms with Crippen LogP contribution in [0.4, 0.5) is 4.79 Å². The summed E-state index contributed by atoms with van der Waals surface area (Å²) in [6, 6.07) is -3.65. The van der Waals surface area contributed by atoms with E-state index in [1.54, 1.807) is 0 Å². The molecule has 0 aromatic heterocycles. The number of thiol groups is 1. The fourth-order valence-electron chi connectivity index (χ4n) is 1.71. The van der Waals surface area contributed by atoms with Crippen molar-refractivity contribution in [2.45, 2.75) is 24.9 Å². The second kappa shape index (κ2) is 12.5. The lowest BCUT2D eigenvalue weighted by Gasteiger charge is -2.19. The van der Waals surface area contributed by atoms with Crippen LogP contribution in [0, 0.1) is 0 Å². The molecule has 0 spiro atoms. The third-order valence-electron chi connectivity index (χ3n) is 3.04. The minimum Gasteiger partial charge on any atom is -0.480 e. The van der Waals surface area contributed by atoms with Gasteiger partial charge in [0, 0.05) is 12.2 Å². The van der Waals surface area contributed by atoms with Crippen molar-refractivity contribution in [3.05, 3.63) is 12.7 Å². The zero-order valence-electron chi connectivity index (χ0n) is 14.3. The van der Waals surface area contributed by atoms with E-state index in [-0.39, 0.29) is 30.2 Å². The number of nitrogens with one attached hydrogen (secondary N) is 3. The van der Waals surface area contributed by atoms with Gasteiger partial charge >= 0.3 is 18.0 Å². The van der Waals surface area contributed by atoms with Crippen molar-refractivity contribution in [3.63, 3.8) is 0 Å². The maximum atomic E-state index is 11.9. The number of hydrogen-bond donors (Lipinski definition) is 7. The molecule has 0 bridgehead atoms. The van der Waals surface area contributed by atoms with Gasteiger partial charge < -0.3 is 26.2 Å². The number of aliphatic carboxylic acids is 2. The van der Waals surface area contributed by atoms with E-state index in [9.17, 15) is 29.2 Å². The molecule has 0 aliphatic carbocycles. The topological polar surface area (TPSA) is 185 Å². The van der Waals surface area contributed by atoms with Crippen LogP contribution in [0.3, 0.4) is 0 Å². The summed E-state index contributed by atoms with van der Waals surface area (Å²) in [7, 11) is 0. The molecule has 0 unspecified atom stereocenters. The number of hydroxylamine groups is 2. The minimum atomic E-state index is -1.46. The van der Waals surface area contributed by atoms with E-state index in [2.05, 4.69) is 29.8 Å². The Hall–Kier alpha value is -2.80. The van der Waals surface area contributed by atoms with Crippen LogP contribution < -0.4 is 16.0 Å². The second-order valence-electron chi connectivity index (χ2n) is 5.16. The van der Waals surface area contributed by atoms with Crippen molar-refractivity contribution >= 4 is 42.4 Å². The highest BCUT2D eigenvalue weighted by atomic mass is 32.1. The SMILES string of the molecule is C=CCN(O)C(=O)N[C@@H](CCC(=O)N[C@@H](CS)C(=O)NCC(=O)O)C(=O)O. The second-order valence-corrected chi connectivity index (χ2v) is 5.53. The molecule has 0 aliphatic rings. The number of carbonyl (C=O) groups excluding carboxylic acids is 3. The standard InChI is InChI=1S/C14H22N4O8S/c1-2-5-18(26)14(25)17-8(13(23)24)3-4-10(19)16-9(7-27)12(22)15-6-11(20)21/h2,8-9,26-27H,1,3-7H2,(H,15,22)(H,16,19)(H,17,25)(H,20,21)(H,23,24)/t8-,9-/m0/s1. The molecule has 27 heavy (non-hydrogen) atoms. The van der Waals surface area contributed by atoms with Gasteiger partial charge in [0.1, 0.15) is 18.6 Å². The maximum Gasteiger partial charge on any atom is 0.342 e. The van der Waals surface area contributed by atoms with Gasteiger partial charge in [0.15, 0.2) is 0 Å². The molecule has 0 rings (SSSR count). The Bertz CT molecular complexity index is 585. The third kappa shape index (κ3) is 10.1. The lowest BCUT2D eigenvalue weighted by atomic mass is 10.1. The molecule has 0 saturated heterocycles. The average molecular weight is 406 g/mol. The Kier molecular flexibility index (Phi) is 11.2. The van der Waals surface area contributed by atoms with Gasteiger partial charge in [0.05, 0.1) is 6.54 Å². The highest BCUT2D eigenvalue weighted by Gasteiger charge is 2.25. The Morgan fingerprint density at radius 3 is 2.22 bits per heavy atom. The molecule has 13 heteroatoms. The fraction of sp³-hybridized carbons (Fsp3) is 0.500. The van der Waals surface area contributed by atoms with Crippen LogP contribution in [0.15, 0.2) is 12.7 Å². The van der Waals surface area contributed by atoms with Gasteiger partial charge in [-0.3, -0.25) is 19.6 Å². The van der Waals surface area contributed by atoms with Crippen LogP contribution >= 0.6 is 12.6 Å². The van der Waals surface area contributed by atoms with E-state index in [1.807, 2.05) is 5.32 Å². The number of carboxylic acids is 2. The summed E-state index contributed by atoms with van der Waals surface area (Å²) in [5.74, 6) is -4.26. The smallest absolute Gasteiger partial charge is 0.342 e. The number of nitrogens with zero attached hydrogens (tertiary/aromatic N) is 1. The lowest BCUT2D eigenvalue weighted by Crippen LogP contribution is -2.50. The maximum absolute atomic E-state index is 11.9. The Balaban J connectivity index is 4.61. The molecule has 12 nitrogen and oxygen atoms in total. The van der Waals surface area contributed by atoms with Gasteiger partial charge in [-0.15, -0.1) is 6.58 Å². The van der Waals surface area contributed by atoms with Crippen molar-refractivity contribution in [3.8, 4) is 0 Å². The van der Waals surface area contributed by atoms with Crippen LogP contribution in [-0.4, -0.2) is 81.2 Å². The molecule has 0 saturated carbocycles. The zero-order chi connectivity index (χ0) is 21.0. The first-order valence-electron chi connectivity index (χ1n) is 7.62. The van der Waals surface area contributed by atoms with Crippen LogP contribution in [0.1, 0.15) is 12.8 Å². The van der Waals surface area contributed by atoms with Crippen molar-refractivity contribution in [1.82, 2.24) is 21.0 Å². The quantitative estimate of drug-likeness (QED) is 0.0876. The van der Waals surface area contributed by atoms with E-state index < -0.39 is 48.4 Å². The van der Waals surface area contributed by atoms with E-state index in [4.69, 9.17) is 10.2 Å². The number of hydrogen-bond acceptors (Lipinski definition) is 7. The molecule has 6 N–H and O–H groups in total. The van der Waals surface area contributed by atoms with Crippen molar-refractivity contribution in [1.29, 1.82) is 0 Å². The first-order valence-corrected chi connectivity index (χ1v) is 8.25. The van der Waals surface area contributed by atoms with Crippen LogP contribution in [0.25, 0.3) is 0 Å².